The van der Waals surface area contributed by atoms with Crippen LogP contribution in [0.2, 0.25) is 0 Å². The zero-order chi connectivity index (χ0) is 15.1. The Kier molecular flexibility index (Phi) is 5.10. The smallest absolute Gasteiger partial charge is 0.265 e. The monoisotopic (exact) mass is 285 g/mol. The Morgan fingerprint density at radius 2 is 1.81 bits per heavy atom. The van der Waals surface area contributed by atoms with Gasteiger partial charge in [0.05, 0.1) is 0 Å². The van der Waals surface area contributed by atoms with Crippen LogP contribution in [0.1, 0.15) is 0 Å². The highest BCUT2D eigenvalue weighted by Crippen LogP contribution is 2.17. The molecule has 0 bridgehead atoms. The molecule has 108 valence electrons. The van der Waals surface area contributed by atoms with Gasteiger partial charge in [0.2, 0.25) is 0 Å². The molecule has 21 heavy (non-hydrogen) atoms. The normalized spacial score (nSPS) is 9.95. The molecule has 0 fully saturated rings. The number of carbonyl (C=O) groups excluding carboxylic acids is 1. The fourth-order valence-corrected chi connectivity index (χ4v) is 1.87. The van der Waals surface area contributed by atoms with E-state index in [-0.39, 0.29) is 18.3 Å². The molecule has 0 atom stereocenters. The summed E-state index contributed by atoms with van der Waals surface area (Å²) in [5, 5.41) is 0. The minimum absolute atomic E-state index is 0.0671. The predicted octanol–water partition coefficient (Wildman–Crippen LogP) is 3.42. The van der Waals surface area contributed by atoms with Gasteiger partial charge in [-0.1, -0.05) is 36.4 Å². The first kappa shape index (κ1) is 14.8. The first-order chi connectivity index (χ1) is 10.2. The number of rotatable bonds is 6. The summed E-state index contributed by atoms with van der Waals surface area (Å²) in [7, 11) is 0. The first-order valence-corrected chi connectivity index (χ1v) is 6.56. The second-order valence-corrected chi connectivity index (χ2v) is 4.35. The zero-order valence-corrected chi connectivity index (χ0v) is 11.5. The van der Waals surface area contributed by atoms with Crippen molar-refractivity contribution in [3.8, 4) is 5.75 Å². The topological polar surface area (TPSA) is 29.5 Å². The van der Waals surface area contributed by atoms with Crippen LogP contribution in [0.25, 0.3) is 0 Å². The number of hydrogen-bond donors (Lipinski definition) is 0. The third-order valence-corrected chi connectivity index (χ3v) is 2.87. The lowest BCUT2D eigenvalue weighted by Gasteiger charge is -2.21. The molecule has 0 heterocycles. The lowest BCUT2D eigenvalue weighted by molar-refractivity contribution is -0.120. The van der Waals surface area contributed by atoms with Crippen LogP contribution in [0.5, 0.6) is 5.75 Å². The fourth-order valence-electron chi connectivity index (χ4n) is 1.87. The molecule has 0 aliphatic carbocycles. The average molecular weight is 285 g/mol. The second kappa shape index (κ2) is 7.24. The molecule has 0 saturated heterocycles. The Hall–Kier alpha value is -2.62. The van der Waals surface area contributed by atoms with Gasteiger partial charge in [-0.2, -0.15) is 0 Å². The molecule has 0 aromatic heterocycles. The average Bonchev–Trinajstić information content (AvgIpc) is 2.52. The summed E-state index contributed by atoms with van der Waals surface area (Å²) in [6.07, 6.45) is 1.63. The summed E-state index contributed by atoms with van der Waals surface area (Å²) in [6, 6.07) is 15.2. The Morgan fingerprint density at radius 3 is 2.48 bits per heavy atom. The summed E-state index contributed by atoms with van der Waals surface area (Å²) in [5.74, 6) is -0.679. The first-order valence-electron chi connectivity index (χ1n) is 6.56. The van der Waals surface area contributed by atoms with E-state index < -0.39 is 5.82 Å². The van der Waals surface area contributed by atoms with Crippen molar-refractivity contribution in [2.45, 2.75) is 0 Å². The molecule has 4 heteroatoms. The van der Waals surface area contributed by atoms with Crippen molar-refractivity contribution in [1.29, 1.82) is 0 Å². The van der Waals surface area contributed by atoms with Crippen molar-refractivity contribution >= 4 is 11.6 Å². The zero-order valence-electron chi connectivity index (χ0n) is 11.5. The van der Waals surface area contributed by atoms with E-state index in [1.165, 1.54) is 17.0 Å². The van der Waals surface area contributed by atoms with Crippen molar-refractivity contribution < 1.29 is 13.9 Å². The summed E-state index contributed by atoms with van der Waals surface area (Å²) in [5.41, 5.74) is 0.750. The van der Waals surface area contributed by atoms with Crippen LogP contribution >= 0.6 is 0 Å². The number of carbonyl (C=O) groups is 1. The summed E-state index contributed by atoms with van der Waals surface area (Å²) < 4.78 is 18.7. The molecule has 1 amide bonds. The highest BCUT2D eigenvalue weighted by Gasteiger charge is 2.15. The van der Waals surface area contributed by atoms with Gasteiger partial charge in [0, 0.05) is 12.2 Å². The van der Waals surface area contributed by atoms with Gasteiger partial charge in [-0.15, -0.1) is 6.58 Å². The van der Waals surface area contributed by atoms with Crippen molar-refractivity contribution in [3.63, 3.8) is 0 Å². The van der Waals surface area contributed by atoms with Gasteiger partial charge in [-0.3, -0.25) is 4.79 Å². The predicted molar refractivity (Wildman–Crippen MR) is 80.9 cm³/mol. The molecule has 0 saturated carbocycles. The van der Waals surface area contributed by atoms with Crippen LogP contribution < -0.4 is 9.64 Å². The van der Waals surface area contributed by atoms with Gasteiger partial charge < -0.3 is 9.64 Å². The number of para-hydroxylation sites is 2. The molecule has 0 spiro atoms. The largest absolute Gasteiger partial charge is 0.481 e. The van der Waals surface area contributed by atoms with Gasteiger partial charge in [0.1, 0.15) is 0 Å². The second-order valence-electron chi connectivity index (χ2n) is 4.35. The number of amides is 1. The van der Waals surface area contributed by atoms with Gasteiger partial charge in [0.15, 0.2) is 18.2 Å². The molecule has 0 N–H and O–H groups in total. The van der Waals surface area contributed by atoms with E-state index in [9.17, 15) is 9.18 Å². The van der Waals surface area contributed by atoms with Crippen LogP contribution in [0.4, 0.5) is 10.1 Å². The van der Waals surface area contributed by atoms with E-state index in [0.717, 1.165) is 5.69 Å². The van der Waals surface area contributed by atoms with Crippen LogP contribution in [-0.4, -0.2) is 19.1 Å². The number of benzene rings is 2. The number of anilines is 1. The fraction of sp³-hybridized carbons (Fsp3) is 0.118. The Balaban J connectivity index is 2.06. The Labute approximate surface area is 123 Å². The van der Waals surface area contributed by atoms with Crippen molar-refractivity contribution in [2.24, 2.45) is 0 Å². The molecule has 2 aromatic carbocycles. The van der Waals surface area contributed by atoms with Crippen molar-refractivity contribution in [1.82, 2.24) is 0 Å². The molecular formula is C17H16FNO2. The quantitative estimate of drug-likeness (QED) is 0.761. The maximum Gasteiger partial charge on any atom is 0.265 e. The molecular weight excluding hydrogens is 269 g/mol. The molecule has 3 nitrogen and oxygen atoms in total. The Morgan fingerprint density at radius 1 is 1.14 bits per heavy atom. The highest BCUT2D eigenvalue weighted by atomic mass is 19.1. The highest BCUT2D eigenvalue weighted by molar-refractivity contribution is 5.94. The molecule has 0 radical (unpaired) electrons. The van der Waals surface area contributed by atoms with Crippen LogP contribution in [-0.2, 0) is 4.79 Å². The summed E-state index contributed by atoms with van der Waals surface area (Å²) in [4.78, 5) is 13.8. The lowest BCUT2D eigenvalue weighted by atomic mass is 10.3. The van der Waals surface area contributed by atoms with Crippen molar-refractivity contribution in [2.75, 3.05) is 18.1 Å². The van der Waals surface area contributed by atoms with E-state index in [4.69, 9.17) is 4.74 Å². The van der Waals surface area contributed by atoms with Crippen LogP contribution in [0.3, 0.4) is 0 Å². The number of nitrogens with zero attached hydrogens (tertiary/aromatic N) is 1. The van der Waals surface area contributed by atoms with E-state index >= 15 is 0 Å². The van der Waals surface area contributed by atoms with Gasteiger partial charge in [-0.25, -0.2) is 4.39 Å². The minimum atomic E-state index is -0.486. The molecule has 0 unspecified atom stereocenters. The number of ether oxygens (including phenoxy) is 1. The number of hydrogen-bond acceptors (Lipinski definition) is 2. The third-order valence-electron chi connectivity index (χ3n) is 2.87. The standard InChI is InChI=1S/C17H16FNO2/c1-2-12-19(14-8-4-3-5-9-14)17(20)13-21-16-11-7-6-10-15(16)18/h2-11H,1,12-13H2. The lowest BCUT2D eigenvalue weighted by Crippen LogP contribution is -2.35. The van der Waals surface area contributed by atoms with Gasteiger partial charge in [-0.05, 0) is 24.3 Å². The SMILES string of the molecule is C=CCN(C(=O)COc1ccccc1F)c1ccccc1. The Bertz CT molecular complexity index is 613. The van der Waals surface area contributed by atoms with E-state index in [1.54, 1.807) is 18.2 Å². The maximum atomic E-state index is 13.4. The van der Waals surface area contributed by atoms with Crippen molar-refractivity contribution in [3.05, 3.63) is 73.1 Å². The maximum absolute atomic E-state index is 13.4. The molecule has 2 rings (SSSR count). The van der Waals surface area contributed by atoms with Crippen LogP contribution in [0, 0.1) is 5.82 Å². The van der Waals surface area contributed by atoms with E-state index in [0.29, 0.717) is 6.54 Å². The summed E-state index contributed by atoms with van der Waals surface area (Å²) >= 11 is 0. The molecule has 2 aromatic rings. The molecule has 0 aliphatic rings. The number of halogens is 1. The van der Waals surface area contributed by atoms with E-state index in [2.05, 4.69) is 6.58 Å². The summed E-state index contributed by atoms with van der Waals surface area (Å²) in [6.45, 7) is 3.78. The minimum Gasteiger partial charge on any atom is -0.481 e. The van der Waals surface area contributed by atoms with Crippen LogP contribution in [0.15, 0.2) is 67.3 Å². The molecule has 0 aliphatic heterocycles. The third kappa shape index (κ3) is 3.92. The van der Waals surface area contributed by atoms with Gasteiger partial charge in [0.25, 0.3) is 5.91 Å². The van der Waals surface area contributed by atoms with E-state index in [1.807, 2.05) is 30.3 Å². The van der Waals surface area contributed by atoms with Gasteiger partial charge >= 0.3 is 0 Å².